The van der Waals surface area contributed by atoms with Gasteiger partial charge >= 0.3 is 5.97 Å². The number of anilines is 2. The normalized spacial score (nSPS) is 14.4. The second-order valence-corrected chi connectivity index (χ2v) is 7.93. The summed E-state index contributed by atoms with van der Waals surface area (Å²) in [4.78, 5) is 34.4. The summed E-state index contributed by atoms with van der Waals surface area (Å²) >= 11 is 0. The first-order valence-corrected chi connectivity index (χ1v) is 11.1. The quantitative estimate of drug-likeness (QED) is 0.314. The van der Waals surface area contributed by atoms with E-state index in [1.807, 2.05) is 6.07 Å². The number of methoxy groups -OCH3 is 1. The number of carbonyl (C=O) groups excluding carboxylic acids is 2. The minimum absolute atomic E-state index is 0.253. The Morgan fingerprint density at radius 1 is 1.00 bits per heavy atom. The van der Waals surface area contributed by atoms with Crippen molar-refractivity contribution in [2.24, 2.45) is 0 Å². The summed E-state index contributed by atoms with van der Waals surface area (Å²) in [6.45, 7) is 1.80. The molecule has 5 rings (SSSR count). The highest BCUT2D eigenvalue weighted by Gasteiger charge is 2.34. The SMILES string of the molecule is COc1cc([C@H]2C(C(=O)Nc3ccccn3)=C(C)Nc3ncnn32)ccc1OC(=O)c1ccccc1. The van der Waals surface area contributed by atoms with Crippen molar-refractivity contribution >= 4 is 23.6 Å². The zero-order valence-electron chi connectivity index (χ0n) is 19.5. The van der Waals surface area contributed by atoms with Crippen LogP contribution in [-0.2, 0) is 4.79 Å². The molecule has 1 atom stereocenters. The molecule has 0 saturated carbocycles. The van der Waals surface area contributed by atoms with Gasteiger partial charge in [-0.25, -0.2) is 14.5 Å². The number of carbonyl (C=O) groups is 2. The van der Waals surface area contributed by atoms with E-state index >= 15 is 0 Å². The molecule has 2 aromatic carbocycles. The standard InChI is InChI=1S/C26H22N6O4/c1-16-22(24(33)31-21-10-6-7-13-27-21)23(32-26(30-16)28-15-29-32)18-11-12-19(20(14-18)35-2)36-25(34)17-8-4-3-5-9-17/h3-15,23H,1-2H3,(H,27,31,33)(H,28,29,30)/t23-/m0/s1. The van der Waals surface area contributed by atoms with Gasteiger partial charge in [0.25, 0.3) is 5.91 Å². The van der Waals surface area contributed by atoms with Gasteiger partial charge in [0.2, 0.25) is 5.95 Å². The van der Waals surface area contributed by atoms with E-state index in [2.05, 4.69) is 25.7 Å². The molecular weight excluding hydrogens is 460 g/mol. The van der Waals surface area contributed by atoms with Crippen LogP contribution in [0.4, 0.5) is 11.8 Å². The lowest BCUT2D eigenvalue weighted by molar-refractivity contribution is -0.113. The Morgan fingerprint density at radius 3 is 2.56 bits per heavy atom. The van der Waals surface area contributed by atoms with Crippen LogP contribution in [0.15, 0.2) is 90.5 Å². The molecule has 0 radical (unpaired) electrons. The van der Waals surface area contributed by atoms with Crippen LogP contribution in [-0.4, -0.2) is 38.7 Å². The summed E-state index contributed by atoms with van der Waals surface area (Å²) < 4.78 is 12.7. The number of hydrogen-bond donors (Lipinski definition) is 2. The number of hydrogen-bond acceptors (Lipinski definition) is 8. The van der Waals surface area contributed by atoms with Crippen LogP contribution < -0.4 is 20.1 Å². The van der Waals surface area contributed by atoms with E-state index in [4.69, 9.17) is 9.47 Å². The fourth-order valence-electron chi connectivity index (χ4n) is 3.99. The number of amides is 1. The van der Waals surface area contributed by atoms with Gasteiger partial charge in [-0.3, -0.25) is 4.79 Å². The smallest absolute Gasteiger partial charge is 0.343 e. The Labute approximate surface area is 206 Å². The van der Waals surface area contributed by atoms with Crippen LogP contribution in [0.2, 0.25) is 0 Å². The van der Waals surface area contributed by atoms with Gasteiger partial charge in [-0.05, 0) is 48.9 Å². The van der Waals surface area contributed by atoms with Gasteiger partial charge in [-0.1, -0.05) is 30.3 Å². The molecule has 3 heterocycles. The first-order valence-electron chi connectivity index (χ1n) is 11.1. The van der Waals surface area contributed by atoms with E-state index < -0.39 is 12.0 Å². The summed E-state index contributed by atoms with van der Waals surface area (Å²) in [6, 6.07) is 18.4. The predicted octanol–water partition coefficient (Wildman–Crippen LogP) is 3.83. The molecule has 0 spiro atoms. The molecule has 0 aliphatic carbocycles. The Kier molecular flexibility index (Phi) is 6.14. The number of esters is 1. The number of nitrogens with one attached hydrogen (secondary N) is 2. The van der Waals surface area contributed by atoms with Gasteiger partial charge in [0.15, 0.2) is 11.5 Å². The van der Waals surface area contributed by atoms with Gasteiger partial charge in [0.1, 0.15) is 18.2 Å². The van der Waals surface area contributed by atoms with Crippen LogP contribution in [0.25, 0.3) is 0 Å². The van der Waals surface area contributed by atoms with Crippen molar-refractivity contribution < 1.29 is 19.1 Å². The topological polar surface area (TPSA) is 120 Å². The summed E-state index contributed by atoms with van der Waals surface area (Å²) in [5.41, 5.74) is 2.15. The predicted molar refractivity (Wildman–Crippen MR) is 132 cm³/mol. The van der Waals surface area contributed by atoms with Crippen molar-refractivity contribution in [1.29, 1.82) is 0 Å². The van der Waals surface area contributed by atoms with Crippen LogP contribution in [0, 0.1) is 0 Å². The lowest BCUT2D eigenvalue weighted by atomic mass is 9.94. The number of nitrogens with zero attached hydrogens (tertiary/aromatic N) is 4. The molecule has 0 bridgehead atoms. The molecule has 1 amide bonds. The second kappa shape index (κ2) is 9.71. The molecule has 4 aromatic rings. The van der Waals surface area contributed by atoms with E-state index in [0.29, 0.717) is 39.9 Å². The molecule has 36 heavy (non-hydrogen) atoms. The lowest BCUT2D eigenvalue weighted by Gasteiger charge is -2.29. The molecule has 0 saturated heterocycles. The fourth-order valence-corrected chi connectivity index (χ4v) is 3.99. The average Bonchev–Trinajstić information content (AvgIpc) is 3.37. The Hall–Kier alpha value is -4.99. The zero-order valence-corrected chi connectivity index (χ0v) is 19.5. The van der Waals surface area contributed by atoms with Crippen molar-refractivity contribution in [3.63, 3.8) is 0 Å². The number of ether oxygens (including phenoxy) is 2. The summed E-state index contributed by atoms with van der Waals surface area (Å²) in [6.07, 6.45) is 3.01. The third-order valence-electron chi connectivity index (χ3n) is 5.66. The van der Waals surface area contributed by atoms with Crippen molar-refractivity contribution in [1.82, 2.24) is 19.7 Å². The maximum Gasteiger partial charge on any atom is 0.343 e. The maximum atomic E-state index is 13.4. The van der Waals surface area contributed by atoms with Crippen molar-refractivity contribution in [2.45, 2.75) is 13.0 Å². The molecule has 1 aliphatic rings. The highest BCUT2D eigenvalue weighted by molar-refractivity contribution is 6.05. The van der Waals surface area contributed by atoms with E-state index in [1.165, 1.54) is 13.4 Å². The zero-order chi connectivity index (χ0) is 25.1. The van der Waals surface area contributed by atoms with Gasteiger partial charge in [-0.15, -0.1) is 0 Å². The van der Waals surface area contributed by atoms with Gasteiger partial charge in [-0.2, -0.15) is 10.1 Å². The molecular formula is C26H22N6O4. The molecule has 10 nitrogen and oxygen atoms in total. The average molecular weight is 483 g/mol. The third-order valence-corrected chi connectivity index (χ3v) is 5.66. The molecule has 2 N–H and O–H groups in total. The molecule has 180 valence electrons. The second-order valence-electron chi connectivity index (χ2n) is 7.93. The number of benzene rings is 2. The monoisotopic (exact) mass is 482 g/mol. The summed E-state index contributed by atoms with van der Waals surface area (Å²) in [7, 11) is 1.48. The molecule has 2 aromatic heterocycles. The Bertz CT molecular complexity index is 1450. The highest BCUT2D eigenvalue weighted by atomic mass is 16.6. The Morgan fingerprint density at radius 2 is 1.81 bits per heavy atom. The molecule has 1 aliphatic heterocycles. The van der Waals surface area contributed by atoms with Crippen molar-refractivity contribution in [3.05, 3.63) is 102 Å². The first kappa shape index (κ1) is 22.8. The van der Waals surface area contributed by atoms with Crippen LogP contribution in [0.1, 0.15) is 28.9 Å². The van der Waals surface area contributed by atoms with Crippen LogP contribution in [0.5, 0.6) is 11.5 Å². The van der Waals surface area contributed by atoms with Crippen molar-refractivity contribution in [2.75, 3.05) is 17.7 Å². The molecule has 10 heteroatoms. The fraction of sp³-hybridized carbons (Fsp3) is 0.115. The number of allylic oxidation sites excluding steroid dienone is 1. The largest absolute Gasteiger partial charge is 0.493 e. The number of rotatable bonds is 6. The minimum Gasteiger partial charge on any atom is -0.493 e. The molecule has 0 fully saturated rings. The minimum atomic E-state index is -0.625. The number of aromatic nitrogens is 4. The third kappa shape index (κ3) is 4.39. The number of fused-ring (bicyclic) bond motifs is 1. The maximum absolute atomic E-state index is 13.4. The van der Waals surface area contributed by atoms with Crippen LogP contribution in [0.3, 0.4) is 0 Å². The van der Waals surface area contributed by atoms with E-state index in [1.54, 1.807) is 78.5 Å². The molecule has 0 unspecified atom stereocenters. The first-order chi connectivity index (χ1) is 17.5. The number of pyridine rings is 1. The Balaban J connectivity index is 1.50. The summed E-state index contributed by atoms with van der Waals surface area (Å²) in [5.74, 6) is 0.649. The van der Waals surface area contributed by atoms with E-state index in [-0.39, 0.29) is 11.7 Å². The van der Waals surface area contributed by atoms with E-state index in [9.17, 15) is 9.59 Å². The van der Waals surface area contributed by atoms with Gasteiger partial charge < -0.3 is 20.1 Å². The van der Waals surface area contributed by atoms with Crippen molar-refractivity contribution in [3.8, 4) is 11.5 Å². The highest BCUT2D eigenvalue weighted by Crippen LogP contribution is 2.39. The van der Waals surface area contributed by atoms with Gasteiger partial charge in [0.05, 0.1) is 18.2 Å². The lowest BCUT2D eigenvalue weighted by Crippen LogP contribution is -2.31. The van der Waals surface area contributed by atoms with E-state index in [0.717, 1.165) is 0 Å². The van der Waals surface area contributed by atoms with Crippen LogP contribution >= 0.6 is 0 Å². The summed E-state index contributed by atoms with van der Waals surface area (Å²) in [5, 5.41) is 10.3. The van der Waals surface area contributed by atoms with Gasteiger partial charge in [0, 0.05) is 11.9 Å².